The summed E-state index contributed by atoms with van der Waals surface area (Å²) in [7, 11) is 1.80. The van der Waals surface area contributed by atoms with Gasteiger partial charge in [0.1, 0.15) is 5.69 Å². The van der Waals surface area contributed by atoms with Gasteiger partial charge in [-0.15, -0.1) is 0 Å². The maximum Gasteiger partial charge on any atom is 0.257 e. The molecule has 0 spiro atoms. The topological polar surface area (TPSA) is 86.0 Å². The summed E-state index contributed by atoms with van der Waals surface area (Å²) >= 11 is 0. The Morgan fingerprint density at radius 2 is 2.07 bits per heavy atom. The lowest BCUT2D eigenvalue weighted by atomic mass is 9.94. The van der Waals surface area contributed by atoms with Crippen molar-refractivity contribution < 1.29 is 9.53 Å². The van der Waals surface area contributed by atoms with E-state index < -0.39 is 0 Å². The van der Waals surface area contributed by atoms with Crippen LogP contribution < -0.4 is 4.74 Å². The summed E-state index contributed by atoms with van der Waals surface area (Å²) in [5.41, 5.74) is 2.16. The van der Waals surface area contributed by atoms with Gasteiger partial charge in [0, 0.05) is 50.8 Å². The number of carbonyl (C=O) groups excluding carboxylic acids is 1. The Labute approximate surface area is 163 Å². The average molecular weight is 378 g/mol. The third kappa shape index (κ3) is 3.71. The zero-order chi connectivity index (χ0) is 19.5. The average Bonchev–Trinajstić information content (AvgIpc) is 3.16. The molecule has 3 aromatic heterocycles. The smallest absolute Gasteiger partial charge is 0.257 e. The van der Waals surface area contributed by atoms with Gasteiger partial charge >= 0.3 is 0 Å². The van der Waals surface area contributed by atoms with Crippen molar-refractivity contribution in [2.75, 3.05) is 13.1 Å². The molecule has 28 heavy (non-hydrogen) atoms. The molecule has 4 heterocycles. The van der Waals surface area contributed by atoms with Crippen LogP contribution in [0.15, 0.2) is 43.1 Å². The summed E-state index contributed by atoms with van der Waals surface area (Å²) in [5.74, 6) is 1.19. The van der Waals surface area contributed by atoms with Crippen molar-refractivity contribution >= 4 is 5.91 Å². The molecule has 1 amide bonds. The van der Waals surface area contributed by atoms with Crippen molar-refractivity contribution in [3.05, 3.63) is 60.1 Å². The lowest BCUT2D eigenvalue weighted by molar-refractivity contribution is 0.0704. The van der Waals surface area contributed by atoms with Crippen LogP contribution in [0.2, 0.25) is 0 Å². The molecule has 3 aromatic rings. The van der Waals surface area contributed by atoms with E-state index >= 15 is 0 Å². The Morgan fingerprint density at radius 1 is 1.21 bits per heavy atom. The van der Waals surface area contributed by atoms with E-state index in [2.05, 4.69) is 20.1 Å². The zero-order valence-corrected chi connectivity index (χ0v) is 15.9. The number of pyridine rings is 1. The van der Waals surface area contributed by atoms with Crippen LogP contribution in [0.5, 0.6) is 11.6 Å². The molecule has 4 rings (SSSR count). The predicted molar refractivity (Wildman–Crippen MR) is 102 cm³/mol. The molecule has 0 bridgehead atoms. The van der Waals surface area contributed by atoms with Gasteiger partial charge in [-0.25, -0.2) is 4.98 Å². The van der Waals surface area contributed by atoms with Crippen molar-refractivity contribution in [1.29, 1.82) is 0 Å². The van der Waals surface area contributed by atoms with Crippen molar-refractivity contribution in [2.45, 2.75) is 25.7 Å². The van der Waals surface area contributed by atoms with Crippen LogP contribution in [0.3, 0.4) is 0 Å². The van der Waals surface area contributed by atoms with E-state index in [4.69, 9.17) is 4.74 Å². The molecular formula is C20H22N6O2. The summed E-state index contributed by atoms with van der Waals surface area (Å²) in [6.45, 7) is 3.19. The van der Waals surface area contributed by atoms with Gasteiger partial charge in [0.2, 0.25) is 5.88 Å². The molecule has 1 atom stereocenters. The maximum absolute atomic E-state index is 12.8. The van der Waals surface area contributed by atoms with Gasteiger partial charge in [-0.1, -0.05) is 0 Å². The second kappa shape index (κ2) is 7.75. The summed E-state index contributed by atoms with van der Waals surface area (Å²) < 4.78 is 7.66. The molecule has 0 aliphatic carbocycles. The summed E-state index contributed by atoms with van der Waals surface area (Å²) in [6, 6.07) is 3.69. The first kappa shape index (κ1) is 18.1. The van der Waals surface area contributed by atoms with Crippen LogP contribution in [-0.4, -0.2) is 48.6 Å². The minimum Gasteiger partial charge on any atom is -0.435 e. The SMILES string of the molecule is Cc1ncccc1Oc1nccnc1[C@@H]1CCCN(C(=O)c2cnn(C)c2)C1. The zero-order valence-electron chi connectivity index (χ0n) is 15.9. The van der Waals surface area contributed by atoms with Gasteiger partial charge in [0.05, 0.1) is 17.5 Å². The minimum atomic E-state index is -0.00716. The highest BCUT2D eigenvalue weighted by atomic mass is 16.5. The minimum absolute atomic E-state index is 0.00716. The fourth-order valence-electron chi connectivity index (χ4n) is 3.48. The van der Waals surface area contributed by atoms with Crippen LogP contribution in [0, 0.1) is 6.92 Å². The van der Waals surface area contributed by atoms with Crippen LogP contribution >= 0.6 is 0 Å². The fourth-order valence-corrected chi connectivity index (χ4v) is 3.48. The van der Waals surface area contributed by atoms with E-state index in [1.54, 1.807) is 42.7 Å². The molecule has 0 radical (unpaired) electrons. The number of hydrogen-bond donors (Lipinski definition) is 0. The third-order valence-electron chi connectivity index (χ3n) is 4.90. The lowest BCUT2D eigenvalue weighted by Crippen LogP contribution is -2.39. The number of piperidine rings is 1. The van der Waals surface area contributed by atoms with Crippen molar-refractivity contribution in [3.8, 4) is 11.6 Å². The van der Waals surface area contributed by atoms with Gasteiger partial charge < -0.3 is 9.64 Å². The number of likely N-dealkylation sites (tertiary alicyclic amines) is 1. The van der Waals surface area contributed by atoms with E-state index in [1.807, 2.05) is 24.0 Å². The first-order valence-corrected chi connectivity index (χ1v) is 9.30. The number of carbonyl (C=O) groups is 1. The first-order valence-electron chi connectivity index (χ1n) is 9.30. The third-order valence-corrected chi connectivity index (χ3v) is 4.90. The highest BCUT2D eigenvalue weighted by Gasteiger charge is 2.29. The normalized spacial score (nSPS) is 16.8. The molecule has 0 N–H and O–H groups in total. The second-order valence-corrected chi connectivity index (χ2v) is 6.93. The molecule has 144 valence electrons. The van der Waals surface area contributed by atoms with E-state index in [0.717, 1.165) is 30.8 Å². The van der Waals surface area contributed by atoms with Gasteiger partial charge in [-0.2, -0.15) is 5.10 Å². The van der Waals surface area contributed by atoms with Crippen molar-refractivity contribution in [1.82, 2.24) is 29.6 Å². The second-order valence-electron chi connectivity index (χ2n) is 6.93. The molecular weight excluding hydrogens is 356 g/mol. The number of nitrogens with zero attached hydrogens (tertiary/aromatic N) is 6. The fraction of sp³-hybridized carbons (Fsp3) is 0.350. The number of hydrogen-bond acceptors (Lipinski definition) is 6. The Kier molecular flexibility index (Phi) is 5.01. The summed E-state index contributed by atoms with van der Waals surface area (Å²) in [4.78, 5) is 27.9. The van der Waals surface area contributed by atoms with E-state index in [0.29, 0.717) is 23.7 Å². The van der Waals surface area contributed by atoms with Gasteiger partial charge in [-0.3, -0.25) is 19.4 Å². The molecule has 0 unspecified atom stereocenters. The molecule has 1 aliphatic heterocycles. The number of ether oxygens (including phenoxy) is 1. The highest BCUT2D eigenvalue weighted by Crippen LogP contribution is 2.33. The van der Waals surface area contributed by atoms with Gasteiger partial charge in [0.25, 0.3) is 5.91 Å². The lowest BCUT2D eigenvalue weighted by Gasteiger charge is -2.32. The molecule has 1 saturated heterocycles. The van der Waals surface area contributed by atoms with E-state index in [9.17, 15) is 4.79 Å². The van der Waals surface area contributed by atoms with Crippen molar-refractivity contribution in [2.24, 2.45) is 7.05 Å². The number of aryl methyl sites for hydroxylation is 2. The monoisotopic (exact) mass is 378 g/mol. The molecule has 8 nitrogen and oxygen atoms in total. The predicted octanol–water partition coefficient (Wildman–Crippen LogP) is 2.73. The maximum atomic E-state index is 12.8. The summed E-state index contributed by atoms with van der Waals surface area (Å²) in [6.07, 6.45) is 10.2. The largest absolute Gasteiger partial charge is 0.435 e. The number of rotatable bonds is 4. The Morgan fingerprint density at radius 3 is 2.86 bits per heavy atom. The Bertz CT molecular complexity index is 986. The Hall–Kier alpha value is -3.29. The van der Waals surface area contributed by atoms with Crippen LogP contribution in [0.25, 0.3) is 0 Å². The van der Waals surface area contributed by atoms with Gasteiger partial charge in [0.15, 0.2) is 5.75 Å². The molecule has 0 saturated carbocycles. The van der Waals surface area contributed by atoms with Gasteiger partial charge in [-0.05, 0) is 31.9 Å². The van der Waals surface area contributed by atoms with E-state index in [1.165, 1.54) is 0 Å². The Balaban J connectivity index is 1.55. The molecule has 0 aromatic carbocycles. The summed E-state index contributed by atoms with van der Waals surface area (Å²) in [5, 5.41) is 4.10. The molecule has 1 fully saturated rings. The van der Waals surface area contributed by atoms with E-state index in [-0.39, 0.29) is 11.8 Å². The van der Waals surface area contributed by atoms with Crippen LogP contribution in [0.4, 0.5) is 0 Å². The highest BCUT2D eigenvalue weighted by molar-refractivity contribution is 5.93. The molecule has 1 aliphatic rings. The molecule has 8 heteroatoms. The number of amides is 1. The number of aromatic nitrogens is 5. The van der Waals surface area contributed by atoms with Crippen molar-refractivity contribution in [3.63, 3.8) is 0 Å². The van der Waals surface area contributed by atoms with Crippen LogP contribution in [-0.2, 0) is 7.05 Å². The standard InChI is InChI=1S/C20H22N6O2/c1-14-17(6-3-7-21-14)28-19-18(22-8-9-23-19)15-5-4-10-26(13-15)20(27)16-11-24-25(2)12-16/h3,6-9,11-12,15H,4-5,10,13H2,1-2H3/t15-/m1/s1. The first-order chi connectivity index (χ1) is 13.6. The van der Waals surface area contributed by atoms with Crippen LogP contribution in [0.1, 0.15) is 40.5 Å². The quantitative estimate of drug-likeness (QED) is 0.694.